The number of Topliss-reactive ketones (excluding diaryl/α,β-unsaturated/α-hetero) is 1. The Morgan fingerprint density at radius 1 is 1.04 bits per heavy atom. The fourth-order valence-corrected chi connectivity index (χ4v) is 2.12. The Bertz CT molecular complexity index is 695. The van der Waals surface area contributed by atoms with Crippen molar-refractivity contribution in [1.82, 2.24) is 0 Å². The molecule has 0 aliphatic rings. The van der Waals surface area contributed by atoms with Crippen LogP contribution >= 0.6 is 0 Å². The Hall–Kier alpha value is -2.82. The molecule has 2 aromatic rings. The normalized spacial score (nSPS) is 10.1. The van der Waals surface area contributed by atoms with Crippen LogP contribution in [0.25, 0.3) is 0 Å². The van der Waals surface area contributed by atoms with Gasteiger partial charge in [-0.25, -0.2) is 0 Å². The predicted octanol–water partition coefficient (Wildman–Crippen LogP) is 3.23. The van der Waals surface area contributed by atoms with E-state index in [1.54, 1.807) is 50.4 Å². The molecule has 1 amide bonds. The summed E-state index contributed by atoms with van der Waals surface area (Å²) in [5, 5.41) is 2.75. The summed E-state index contributed by atoms with van der Waals surface area (Å²) in [7, 11) is 1.57. The fourth-order valence-electron chi connectivity index (χ4n) is 2.12. The van der Waals surface area contributed by atoms with Gasteiger partial charge in [0.05, 0.1) is 7.11 Å². The third-order valence-corrected chi connectivity index (χ3v) is 3.41. The summed E-state index contributed by atoms with van der Waals surface area (Å²) in [4.78, 5) is 22.9. The maximum absolute atomic E-state index is 11.9. The minimum absolute atomic E-state index is 0.0794. The monoisotopic (exact) mass is 327 g/mol. The van der Waals surface area contributed by atoms with Crippen LogP contribution in [0, 0.1) is 0 Å². The highest BCUT2D eigenvalue weighted by atomic mass is 16.5. The topological polar surface area (TPSA) is 64.6 Å². The van der Waals surface area contributed by atoms with E-state index >= 15 is 0 Å². The van der Waals surface area contributed by atoms with Crippen molar-refractivity contribution in [3.63, 3.8) is 0 Å². The van der Waals surface area contributed by atoms with Gasteiger partial charge in [-0.05, 0) is 43.2 Å². The number of ketones is 1. The van der Waals surface area contributed by atoms with Crippen LogP contribution in [0.1, 0.15) is 18.9 Å². The van der Waals surface area contributed by atoms with E-state index in [-0.39, 0.29) is 18.3 Å². The predicted molar refractivity (Wildman–Crippen MR) is 92.6 cm³/mol. The maximum Gasteiger partial charge on any atom is 0.262 e. The molecule has 5 heteroatoms. The number of benzene rings is 2. The molecule has 2 rings (SSSR count). The number of hydrogen-bond donors (Lipinski definition) is 1. The highest BCUT2D eigenvalue weighted by Gasteiger charge is 2.05. The van der Waals surface area contributed by atoms with Gasteiger partial charge in [-0.2, -0.15) is 0 Å². The molecule has 0 aliphatic heterocycles. The van der Waals surface area contributed by atoms with Gasteiger partial charge < -0.3 is 19.6 Å². The molecule has 0 fully saturated rings. The summed E-state index contributed by atoms with van der Waals surface area (Å²) in [5.74, 6) is 1.21. The molecule has 0 heterocycles. The number of methoxy groups -OCH3 is 1. The SMILES string of the molecule is COc1cccc(NC(=O)COc2ccc(CCC(C)=O)cc2)c1. The lowest BCUT2D eigenvalue weighted by atomic mass is 10.1. The van der Waals surface area contributed by atoms with Gasteiger partial charge in [0.1, 0.15) is 17.3 Å². The van der Waals surface area contributed by atoms with Crippen molar-refractivity contribution in [3.8, 4) is 11.5 Å². The summed E-state index contributed by atoms with van der Waals surface area (Å²) in [6.45, 7) is 1.50. The average Bonchev–Trinajstić information content (AvgIpc) is 2.59. The molecule has 0 unspecified atom stereocenters. The largest absolute Gasteiger partial charge is 0.497 e. The molecule has 1 N–H and O–H groups in total. The zero-order chi connectivity index (χ0) is 17.4. The van der Waals surface area contributed by atoms with Gasteiger partial charge in [0, 0.05) is 18.2 Å². The zero-order valence-corrected chi connectivity index (χ0v) is 13.9. The number of amides is 1. The van der Waals surface area contributed by atoms with E-state index < -0.39 is 0 Å². The van der Waals surface area contributed by atoms with Crippen molar-refractivity contribution in [2.45, 2.75) is 19.8 Å². The van der Waals surface area contributed by atoms with Crippen LogP contribution < -0.4 is 14.8 Å². The smallest absolute Gasteiger partial charge is 0.262 e. The third-order valence-electron chi connectivity index (χ3n) is 3.41. The van der Waals surface area contributed by atoms with Crippen LogP contribution in [-0.4, -0.2) is 25.4 Å². The highest BCUT2D eigenvalue weighted by Crippen LogP contribution is 2.17. The summed E-state index contributed by atoms with van der Waals surface area (Å²) in [6, 6.07) is 14.5. The average molecular weight is 327 g/mol. The molecule has 0 aliphatic carbocycles. The fraction of sp³-hybridized carbons (Fsp3) is 0.263. The van der Waals surface area contributed by atoms with Gasteiger partial charge in [0.25, 0.3) is 5.91 Å². The molecule has 0 bridgehead atoms. The third kappa shape index (κ3) is 5.76. The lowest BCUT2D eigenvalue weighted by molar-refractivity contribution is -0.118. The van der Waals surface area contributed by atoms with Gasteiger partial charge in [-0.15, -0.1) is 0 Å². The number of anilines is 1. The second-order valence-electron chi connectivity index (χ2n) is 5.41. The van der Waals surface area contributed by atoms with E-state index in [1.807, 2.05) is 12.1 Å². The van der Waals surface area contributed by atoms with Crippen LogP contribution in [0.3, 0.4) is 0 Å². The summed E-state index contributed by atoms with van der Waals surface area (Å²) in [5.41, 5.74) is 1.72. The molecular weight excluding hydrogens is 306 g/mol. The Kier molecular flexibility index (Phi) is 6.37. The van der Waals surface area contributed by atoms with E-state index in [1.165, 1.54) is 0 Å². The molecule has 0 saturated carbocycles. The van der Waals surface area contributed by atoms with Crippen molar-refractivity contribution >= 4 is 17.4 Å². The number of hydrogen-bond acceptors (Lipinski definition) is 4. The summed E-state index contributed by atoms with van der Waals surface area (Å²) < 4.78 is 10.6. The van der Waals surface area contributed by atoms with Crippen molar-refractivity contribution in [2.75, 3.05) is 19.0 Å². The first-order chi connectivity index (χ1) is 11.6. The Morgan fingerprint density at radius 2 is 1.79 bits per heavy atom. The molecule has 0 radical (unpaired) electrons. The summed E-state index contributed by atoms with van der Waals surface area (Å²) in [6.07, 6.45) is 1.25. The van der Waals surface area contributed by atoms with Crippen molar-refractivity contribution in [3.05, 3.63) is 54.1 Å². The molecule has 126 valence electrons. The Labute approximate surface area is 141 Å². The molecule has 24 heavy (non-hydrogen) atoms. The molecule has 2 aromatic carbocycles. The first-order valence-corrected chi connectivity index (χ1v) is 7.72. The van der Waals surface area contributed by atoms with Crippen molar-refractivity contribution in [2.24, 2.45) is 0 Å². The minimum atomic E-state index is -0.246. The van der Waals surface area contributed by atoms with Gasteiger partial charge in [0.15, 0.2) is 6.61 Å². The van der Waals surface area contributed by atoms with E-state index in [0.717, 1.165) is 5.56 Å². The lowest BCUT2D eigenvalue weighted by Crippen LogP contribution is -2.20. The first kappa shape index (κ1) is 17.5. The molecular formula is C19H21NO4. The van der Waals surface area contributed by atoms with Crippen LogP contribution in [0.5, 0.6) is 11.5 Å². The summed E-state index contributed by atoms with van der Waals surface area (Å²) >= 11 is 0. The molecule has 0 spiro atoms. The van der Waals surface area contributed by atoms with Crippen molar-refractivity contribution < 1.29 is 19.1 Å². The van der Waals surface area contributed by atoms with E-state index in [2.05, 4.69) is 5.32 Å². The second-order valence-corrected chi connectivity index (χ2v) is 5.41. The van der Waals surface area contributed by atoms with Gasteiger partial charge in [-0.3, -0.25) is 4.79 Å². The number of carbonyl (C=O) groups excluding carboxylic acids is 2. The maximum atomic E-state index is 11.9. The number of rotatable bonds is 8. The van der Waals surface area contributed by atoms with Crippen LogP contribution in [0.15, 0.2) is 48.5 Å². The molecule has 5 nitrogen and oxygen atoms in total. The van der Waals surface area contributed by atoms with E-state index in [4.69, 9.17) is 9.47 Å². The number of carbonyl (C=O) groups is 2. The highest BCUT2D eigenvalue weighted by molar-refractivity contribution is 5.92. The number of aryl methyl sites for hydroxylation is 1. The van der Waals surface area contributed by atoms with E-state index in [0.29, 0.717) is 30.0 Å². The van der Waals surface area contributed by atoms with Crippen LogP contribution in [0.4, 0.5) is 5.69 Å². The Morgan fingerprint density at radius 3 is 2.46 bits per heavy atom. The number of nitrogens with one attached hydrogen (secondary N) is 1. The van der Waals surface area contributed by atoms with Crippen molar-refractivity contribution in [1.29, 1.82) is 0 Å². The van der Waals surface area contributed by atoms with Crippen LogP contribution in [-0.2, 0) is 16.0 Å². The molecule has 0 atom stereocenters. The van der Waals surface area contributed by atoms with Crippen LogP contribution in [0.2, 0.25) is 0 Å². The Balaban J connectivity index is 1.81. The van der Waals surface area contributed by atoms with Gasteiger partial charge in [-0.1, -0.05) is 18.2 Å². The second kappa shape index (κ2) is 8.72. The lowest BCUT2D eigenvalue weighted by Gasteiger charge is -2.09. The zero-order valence-electron chi connectivity index (χ0n) is 13.9. The van der Waals surface area contributed by atoms with Gasteiger partial charge in [0.2, 0.25) is 0 Å². The van der Waals surface area contributed by atoms with E-state index in [9.17, 15) is 9.59 Å². The van der Waals surface area contributed by atoms with Gasteiger partial charge >= 0.3 is 0 Å². The quantitative estimate of drug-likeness (QED) is 0.808. The minimum Gasteiger partial charge on any atom is -0.497 e. The molecule has 0 aromatic heterocycles. The first-order valence-electron chi connectivity index (χ1n) is 7.72. The standard InChI is InChI=1S/C19H21NO4/c1-14(21)6-7-15-8-10-17(11-9-15)24-13-19(22)20-16-4-3-5-18(12-16)23-2/h3-5,8-12H,6-7,13H2,1-2H3,(H,20,22). The number of ether oxygens (including phenoxy) is 2. The molecule has 0 saturated heterocycles.